The molecular formula is C13H18Cl2N2O. The largest absolute Gasteiger partial charge is 0.324 e. The Hall–Kier alpha value is -0.770. The van der Waals surface area contributed by atoms with Crippen LogP contribution < -0.4 is 10.6 Å². The van der Waals surface area contributed by atoms with Crippen LogP contribution in [-0.2, 0) is 4.79 Å². The molecule has 1 saturated heterocycles. The molecule has 1 fully saturated rings. The lowest BCUT2D eigenvalue weighted by Gasteiger charge is -2.22. The molecule has 0 saturated carbocycles. The number of benzene rings is 1. The summed E-state index contributed by atoms with van der Waals surface area (Å²) in [7, 11) is 0. The van der Waals surface area contributed by atoms with Gasteiger partial charge in [0.2, 0.25) is 5.91 Å². The number of amides is 1. The van der Waals surface area contributed by atoms with Crippen LogP contribution in [0.3, 0.4) is 0 Å². The molecule has 1 amide bonds. The molecule has 2 rings (SSSR count). The van der Waals surface area contributed by atoms with Gasteiger partial charge in [-0.05, 0) is 44.0 Å². The summed E-state index contributed by atoms with van der Waals surface area (Å²) in [6, 6.07) is 5.66. The van der Waals surface area contributed by atoms with E-state index in [9.17, 15) is 4.79 Å². The van der Waals surface area contributed by atoms with Crippen LogP contribution in [-0.4, -0.2) is 19.0 Å². The zero-order chi connectivity index (χ0) is 12.3. The van der Waals surface area contributed by atoms with Gasteiger partial charge in [-0.3, -0.25) is 4.79 Å². The van der Waals surface area contributed by atoms with E-state index in [1.807, 2.05) is 25.1 Å². The Balaban J connectivity index is 0.00000162. The van der Waals surface area contributed by atoms with Gasteiger partial charge in [-0.1, -0.05) is 17.7 Å². The van der Waals surface area contributed by atoms with E-state index in [0.29, 0.717) is 10.7 Å². The van der Waals surface area contributed by atoms with Crippen molar-refractivity contribution in [2.45, 2.75) is 19.8 Å². The topological polar surface area (TPSA) is 41.1 Å². The molecule has 5 heteroatoms. The van der Waals surface area contributed by atoms with E-state index in [1.54, 1.807) is 0 Å². The molecular weight excluding hydrogens is 271 g/mol. The number of nitrogens with one attached hydrogen (secondary N) is 2. The first-order chi connectivity index (χ1) is 8.16. The van der Waals surface area contributed by atoms with Gasteiger partial charge in [-0.25, -0.2) is 0 Å². The fraction of sp³-hybridized carbons (Fsp3) is 0.462. The summed E-state index contributed by atoms with van der Waals surface area (Å²) in [6.07, 6.45) is 2.00. The highest BCUT2D eigenvalue weighted by Gasteiger charge is 2.21. The highest BCUT2D eigenvalue weighted by Crippen LogP contribution is 2.24. The highest BCUT2D eigenvalue weighted by molar-refractivity contribution is 6.33. The fourth-order valence-corrected chi connectivity index (χ4v) is 2.31. The van der Waals surface area contributed by atoms with Crippen molar-refractivity contribution in [3.05, 3.63) is 28.8 Å². The first kappa shape index (κ1) is 15.3. The van der Waals surface area contributed by atoms with Crippen LogP contribution in [0.2, 0.25) is 5.02 Å². The van der Waals surface area contributed by atoms with Crippen LogP contribution >= 0.6 is 24.0 Å². The van der Waals surface area contributed by atoms with Gasteiger partial charge < -0.3 is 10.6 Å². The predicted molar refractivity (Wildman–Crippen MR) is 77.7 cm³/mol. The molecule has 1 heterocycles. The third-order valence-electron chi connectivity index (χ3n) is 3.05. The molecule has 0 aromatic heterocycles. The summed E-state index contributed by atoms with van der Waals surface area (Å²) in [4.78, 5) is 12.0. The van der Waals surface area contributed by atoms with Crippen molar-refractivity contribution in [1.29, 1.82) is 0 Å². The van der Waals surface area contributed by atoms with Gasteiger partial charge in [-0.2, -0.15) is 0 Å². The minimum Gasteiger partial charge on any atom is -0.324 e. The molecule has 0 radical (unpaired) electrons. The normalized spacial score (nSPS) is 18.9. The van der Waals surface area contributed by atoms with Crippen LogP contribution in [0.5, 0.6) is 0 Å². The highest BCUT2D eigenvalue weighted by atomic mass is 35.5. The zero-order valence-electron chi connectivity index (χ0n) is 10.3. The summed E-state index contributed by atoms with van der Waals surface area (Å²) in [5.74, 6) is 0.115. The second kappa shape index (κ2) is 6.98. The summed E-state index contributed by atoms with van der Waals surface area (Å²) in [6.45, 7) is 3.74. The van der Waals surface area contributed by atoms with Crippen LogP contribution in [0.15, 0.2) is 18.2 Å². The summed E-state index contributed by atoms with van der Waals surface area (Å²) >= 11 is 6.08. The molecule has 0 unspecified atom stereocenters. The fourth-order valence-electron chi connectivity index (χ4n) is 2.03. The molecule has 100 valence electrons. The van der Waals surface area contributed by atoms with Crippen molar-refractivity contribution in [1.82, 2.24) is 5.32 Å². The number of carbonyl (C=O) groups excluding carboxylic acids is 1. The Labute approximate surface area is 119 Å². The Bertz CT molecular complexity index is 417. The quantitative estimate of drug-likeness (QED) is 0.878. The van der Waals surface area contributed by atoms with Crippen LogP contribution in [0, 0.1) is 12.8 Å². The van der Waals surface area contributed by atoms with Crippen molar-refractivity contribution in [2.24, 2.45) is 5.92 Å². The monoisotopic (exact) mass is 288 g/mol. The van der Waals surface area contributed by atoms with Crippen LogP contribution in [0.25, 0.3) is 0 Å². The minimum absolute atomic E-state index is 0. The average molecular weight is 289 g/mol. The van der Waals surface area contributed by atoms with E-state index in [1.165, 1.54) is 0 Å². The predicted octanol–water partition coefficient (Wildman–Crippen LogP) is 3.01. The number of carbonyl (C=O) groups is 1. The van der Waals surface area contributed by atoms with Gasteiger partial charge in [0.15, 0.2) is 0 Å². The summed E-state index contributed by atoms with van der Waals surface area (Å²) in [5.41, 5.74) is 1.79. The molecule has 18 heavy (non-hydrogen) atoms. The number of piperidine rings is 1. The summed E-state index contributed by atoms with van der Waals surface area (Å²) < 4.78 is 0. The first-order valence-corrected chi connectivity index (χ1v) is 6.32. The second-order valence-corrected chi connectivity index (χ2v) is 4.92. The lowest BCUT2D eigenvalue weighted by molar-refractivity contribution is -0.120. The smallest absolute Gasteiger partial charge is 0.228 e. The van der Waals surface area contributed by atoms with Crippen molar-refractivity contribution in [3.63, 3.8) is 0 Å². The van der Waals surface area contributed by atoms with E-state index in [4.69, 9.17) is 11.6 Å². The molecule has 0 spiro atoms. The number of halogens is 2. The number of hydrogen-bond acceptors (Lipinski definition) is 2. The van der Waals surface area contributed by atoms with E-state index in [0.717, 1.165) is 31.5 Å². The molecule has 0 aliphatic carbocycles. The first-order valence-electron chi connectivity index (χ1n) is 5.94. The Morgan fingerprint density at radius 1 is 1.50 bits per heavy atom. The number of hydrogen-bond donors (Lipinski definition) is 2. The lowest BCUT2D eigenvalue weighted by Crippen LogP contribution is -2.37. The Morgan fingerprint density at radius 2 is 2.28 bits per heavy atom. The molecule has 3 nitrogen and oxygen atoms in total. The van der Waals surface area contributed by atoms with E-state index in [-0.39, 0.29) is 24.2 Å². The SMILES string of the molecule is Cc1ccc(NC(=O)[C@@H]2CCCNC2)c(Cl)c1.Cl. The van der Waals surface area contributed by atoms with Crippen molar-refractivity contribution in [3.8, 4) is 0 Å². The average Bonchev–Trinajstić information content (AvgIpc) is 2.34. The summed E-state index contributed by atoms with van der Waals surface area (Å²) in [5, 5.41) is 6.73. The van der Waals surface area contributed by atoms with Crippen LogP contribution in [0.4, 0.5) is 5.69 Å². The molecule has 0 bridgehead atoms. The molecule has 1 aliphatic heterocycles. The van der Waals surface area contributed by atoms with E-state index < -0.39 is 0 Å². The third-order valence-corrected chi connectivity index (χ3v) is 3.36. The van der Waals surface area contributed by atoms with Crippen molar-refractivity contribution < 1.29 is 4.79 Å². The number of anilines is 1. The minimum atomic E-state index is 0. The molecule has 1 aromatic carbocycles. The number of rotatable bonds is 2. The number of aryl methyl sites for hydroxylation is 1. The second-order valence-electron chi connectivity index (χ2n) is 4.52. The molecule has 1 aliphatic rings. The van der Waals surface area contributed by atoms with Gasteiger partial charge in [0.05, 0.1) is 16.6 Å². The maximum Gasteiger partial charge on any atom is 0.228 e. The lowest BCUT2D eigenvalue weighted by atomic mass is 9.99. The molecule has 1 atom stereocenters. The van der Waals surface area contributed by atoms with Crippen LogP contribution in [0.1, 0.15) is 18.4 Å². The Morgan fingerprint density at radius 3 is 2.89 bits per heavy atom. The maximum atomic E-state index is 12.0. The van der Waals surface area contributed by atoms with Gasteiger partial charge in [-0.15, -0.1) is 12.4 Å². The van der Waals surface area contributed by atoms with E-state index in [2.05, 4.69) is 10.6 Å². The molecule has 2 N–H and O–H groups in total. The molecule has 1 aromatic rings. The zero-order valence-corrected chi connectivity index (χ0v) is 11.9. The van der Waals surface area contributed by atoms with Crippen molar-refractivity contribution >= 4 is 35.6 Å². The maximum absolute atomic E-state index is 12.0. The van der Waals surface area contributed by atoms with E-state index >= 15 is 0 Å². The standard InChI is InChI=1S/C13H17ClN2O.ClH/c1-9-4-5-12(11(14)7-9)16-13(17)10-3-2-6-15-8-10;/h4-5,7,10,15H,2-3,6,8H2,1H3,(H,16,17);1H/t10-;/m1./s1. The Kier molecular flexibility index (Phi) is 5.93. The van der Waals surface area contributed by atoms with Gasteiger partial charge >= 0.3 is 0 Å². The van der Waals surface area contributed by atoms with Gasteiger partial charge in [0, 0.05) is 6.54 Å². The van der Waals surface area contributed by atoms with Gasteiger partial charge in [0.1, 0.15) is 0 Å². The van der Waals surface area contributed by atoms with Crippen molar-refractivity contribution in [2.75, 3.05) is 18.4 Å². The third kappa shape index (κ3) is 3.87. The van der Waals surface area contributed by atoms with Gasteiger partial charge in [0.25, 0.3) is 0 Å².